The smallest absolute Gasteiger partial charge is 0.336 e. The van der Waals surface area contributed by atoms with Gasteiger partial charge < -0.3 is 9.84 Å². The van der Waals surface area contributed by atoms with E-state index in [1.54, 1.807) is 24.3 Å². The van der Waals surface area contributed by atoms with Crippen LogP contribution in [0.4, 0.5) is 0 Å². The predicted molar refractivity (Wildman–Crippen MR) is 73.2 cm³/mol. The molecule has 0 spiro atoms. The Kier molecular flexibility index (Phi) is 3.93. The van der Waals surface area contributed by atoms with Crippen LogP contribution < -0.4 is 4.74 Å². The Labute approximate surface area is 119 Å². The van der Waals surface area contributed by atoms with E-state index in [0.29, 0.717) is 16.9 Å². The lowest BCUT2D eigenvalue weighted by Crippen LogP contribution is -2.00. The van der Waals surface area contributed by atoms with E-state index in [4.69, 9.17) is 27.9 Å². The standard InChI is InChI=1S/C13H9Cl2NO3/c1-19-8-2-3-9(10(6-8)13(17)18)7-4-11(14)16-12(15)5-7/h2-6H,1H3,(H,17,18). The van der Waals surface area contributed by atoms with Crippen molar-refractivity contribution in [3.63, 3.8) is 0 Å². The number of methoxy groups -OCH3 is 1. The molecule has 0 amide bonds. The molecule has 1 aromatic carbocycles. The summed E-state index contributed by atoms with van der Waals surface area (Å²) in [7, 11) is 1.47. The molecule has 0 atom stereocenters. The first kappa shape index (κ1) is 13.6. The van der Waals surface area contributed by atoms with Gasteiger partial charge >= 0.3 is 5.97 Å². The Morgan fingerprint density at radius 2 is 1.84 bits per heavy atom. The van der Waals surface area contributed by atoms with Gasteiger partial charge in [-0.1, -0.05) is 23.2 Å². The molecule has 98 valence electrons. The lowest BCUT2D eigenvalue weighted by molar-refractivity contribution is 0.0697. The summed E-state index contributed by atoms with van der Waals surface area (Å²) >= 11 is 11.6. The number of pyridine rings is 1. The van der Waals surface area contributed by atoms with Crippen molar-refractivity contribution >= 4 is 29.2 Å². The van der Waals surface area contributed by atoms with Gasteiger partial charge in [0.1, 0.15) is 16.1 Å². The molecule has 2 aromatic rings. The van der Waals surface area contributed by atoms with Crippen LogP contribution >= 0.6 is 23.2 Å². The van der Waals surface area contributed by atoms with Crippen molar-refractivity contribution < 1.29 is 14.6 Å². The molecule has 2 rings (SSSR count). The number of hydrogen-bond acceptors (Lipinski definition) is 3. The number of halogens is 2. The minimum Gasteiger partial charge on any atom is -0.497 e. The summed E-state index contributed by atoms with van der Waals surface area (Å²) in [5.74, 6) is -0.592. The normalized spacial score (nSPS) is 10.3. The molecule has 0 radical (unpaired) electrons. The van der Waals surface area contributed by atoms with Crippen LogP contribution in [0.15, 0.2) is 30.3 Å². The summed E-state index contributed by atoms with van der Waals surface area (Å²) in [6.45, 7) is 0. The van der Waals surface area contributed by atoms with E-state index < -0.39 is 5.97 Å². The number of rotatable bonds is 3. The molecule has 0 bridgehead atoms. The van der Waals surface area contributed by atoms with Crippen molar-refractivity contribution in [3.05, 3.63) is 46.2 Å². The minimum absolute atomic E-state index is 0.109. The van der Waals surface area contributed by atoms with Gasteiger partial charge in [0.25, 0.3) is 0 Å². The first-order chi connectivity index (χ1) is 9.01. The summed E-state index contributed by atoms with van der Waals surface area (Å²) in [4.78, 5) is 15.1. The Balaban J connectivity index is 2.64. The van der Waals surface area contributed by atoms with Crippen molar-refractivity contribution in [1.82, 2.24) is 4.98 Å². The number of benzene rings is 1. The first-order valence-electron chi connectivity index (χ1n) is 5.26. The van der Waals surface area contributed by atoms with Gasteiger partial charge in [-0.05, 0) is 41.5 Å². The second-order valence-electron chi connectivity index (χ2n) is 3.72. The molecule has 0 aliphatic rings. The molecule has 0 fully saturated rings. The van der Waals surface area contributed by atoms with Crippen molar-refractivity contribution in [2.45, 2.75) is 0 Å². The van der Waals surface area contributed by atoms with Gasteiger partial charge in [-0.2, -0.15) is 0 Å². The molecule has 1 N–H and O–H groups in total. The molecule has 0 aliphatic heterocycles. The Hall–Kier alpha value is -1.78. The summed E-state index contributed by atoms with van der Waals surface area (Å²) in [6, 6.07) is 7.87. The minimum atomic E-state index is -1.06. The third-order valence-corrected chi connectivity index (χ3v) is 2.92. The van der Waals surface area contributed by atoms with Gasteiger partial charge in [0.15, 0.2) is 0 Å². The van der Waals surface area contributed by atoms with Crippen molar-refractivity contribution in [1.29, 1.82) is 0 Å². The van der Waals surface area contributed by atoms with Crippen LogP contribution in [0.3, 0.4) is 0 Å². The third-order valence-electron chi connectivity index (χ3n) is 2.53. The van der Waals surface area contributed by atoms with Gasteiger partial charge in [-0.15, -0.1) is 0 Å². The van der Waals surface area contributed by atoms with E-state index >= 15 is 0 Å². The number of carboxylic acids is 1. The number of carboxylic acid groups (broad SMARTS) is 1. The highest BCUT2D eigenvalue weighted by Crippen LogP contribution is 2.30. The molecule has 0 unspecified atom stereocenters. The average molecular weight is 298 g/mol. The van der Waals surface area contributed by atoms with E-state index in [2.05, 4.69) is 4.98 Å². The largest absolute Gasteiger partial charge is 0.497 e. The Morgan fingerprint density at radius 3 is 2.37 bits per heavy atom. The maximum Gasteiger partial charge on any atom is 0.336 e. The molecule has 1 aromatic heterocycles. The fourth-order valence-corrected chi connectivity index (χ4v) is 2.16. The van der Waals surface area contributed by atoms with Crippen LogP contribution in [0, 0.1) is 0 Å². The van der Waals surface area contributed by atoms with E-state index in [0.717, 1.165) is 0 Å². The summed E-state index contributed by atoms with van der Waals surface area (Å²) in [5, 5.41) is 9.66. The molecule has 1 heterocycles. The van der Waals surface area contributed by atoms with E-state index in [9.17, 15) is 9.90 Å². The van der Waals surface area contributed by atoms with Crippen molar-refractivity contribution in [2.75, 3.05) is 7.11 Å². The fourth-order valence-electron chi connectivity index (χ4n) is 1.70. The average Bonchev–Trinajstić information content (AvgIpc) is 2.36. The van der Waals surface area contributed by atoms with Crippen molar-refractivity contribution in [3.8, 4) is 16.9 Å². The van der Waals surface area contributed by atoms with Gasteiger partial charge in [-0.25, -0.2) is 9.78 Å². The number of carbonyl (C=O) groups is 1. The molecular formula is C13H9Cl2NO3. The molecule has 0 saturated heterocycles. The number of hydrogen-bond donors (Lipinski definition) is 1. The highest BCUT2D eigenvalue weighted by atomic mass is 35.5. The van der Waals surface area contributed by atoms with Crippen LogP contribution in [-0.2, 0) is 0 Å². The molecule has 0 aliphatic carbocycles. The van der Waals surface area contributed by atoms with Gasteiger partial charge in [-0.3, -0.25) is 0 Å². The van der Waals surface area contributed by atoms with Gasteiger partial charge in [0.2, 0.25) is 0 Å². The third kappa shape index (κ3) is 2.97. The van der Waals surface area contributed by atoms with Crippen LogP contribution in [0.25, 0.3) is 11.1 Å². The first-order valence-corrected chi connectivity index (χ1v) is 6.01. The highest BCUT2D eigenvalue weighted by Gasteiger charge is 2.14. The number of aromatic carboxylic acids is 1. The van der Waals surface area contributed by atoms with E-state index in [1.807, 2.05) is 0 Å². The number of nitrogens with zero attached hydrogens (tertiary/aromatic N) is 1. The monoisotopic (exact) mass is 297 g/mol. The summed E-state index contributed by atoms with van der Waals surface area (Å²) in [5.41, 5.74) is 1.20. The quantitative estimate of drug-likeness (QED) is 0.876. The zero-order chi connectivity index (χ0) is 14.0. The maximum atomic E-state index is 11.3. The molecule has 19 heavy (non-hydrogen) atoms. The van der Waals surface area contributed by atoms with Crippen LogP contribution in [0.2, 0.25) is 10.3 Å². The highest BCUT2D eigenvalue weighted by molar-refractivity contribution is 6.32. The zero-order valence-corrected chi connectivity index (χ0v) is 11.4. The lowest BCUT2D eigenvalue weighted by atomic mass is 10.0. The van der Waals surface area contributed by atoms with Crippen LogP contribution in [0.5, 0.6) is 5.75 Å². The number of ether oxygens (including phenoxy) is 1. The zero-order valence-electron chi connectivity index (χ0n) is 9.85. The Bertz CT molecular complexity index is 624. The molecule has 0 saturated carbocycles. The second kappa shape index (κ2) is 5.47. The SMILES string of the molecule is COc1ccc(-c2cc(Cl)nc(Cl)c2)c(C(=O)O)c1. The maximum absolute atomic E-state index is 11.3. The fraction of sp³-hybridized carbons (Fsp3) is 0.0769. The predicted octanol–water partition coefficient (Wildman–Crippen LogP) is 3.76. The van der Waals surface area contributed by atoms with Crippen LogP contribution in [-0.4, -0.2) is 23.2 Å². The lowest BCUT2D eigenvalue weighted by Gasteiger charge is -2.09. The van der Waals surface area contributed by atoms with Crippen LogP contribution in [0.1, 0.15) is 10.4 Å². The van der Waals surface area contributed by atoms with E-state index in [1.165, 1.54) is 13.2 Å². The summed E-state index contributed by atoms with van der Waals surface area (Å²) in [6.07, 6.45) is 0. The molecular weight excluding hydrogens is 289 g/mol. The summed E-state index contributed by atoms with van der Waals surface area (Å²) < 4.78 is 5.02. The Morgan fingerprint density at radius 1 is 1.21 bits per heavy atom. The topological polar surface area (TPSA) is 59.4 Å². The van der Waals surface area contributed by atoms with E-state index in [-0.39, 0.29) is 15.9 Å². The second-order valence-corrected chi connectivity index (χ2v) is 4.49. The van der Waals surface area contributed by atoms with Gasteiger partial charge in [0.05, 0.1) is 12.7 Å². The van der Waals surface area contributed by atoms with Gasteiger partial charge in [0, 0.05) is 0 Å². The number of aromatic nitrogens is 1. The molecule has 6 heteroatoms. The van der Waals surface area contributed by atoms with Crippen molar-refractivity contribution in [2.24, 2.45) is 0 Å². The molecule has 4 nitrogen and oxygen atoms in total.